The maximum absolute atomic E-state index is 9.76. The summed E-state index contributed by atoms with van der Waals surface area (Å²) in [6.07, 6.45) is 0. The van der Waals surface area contributed by atoms with Gasteiger partial charge >= 0.3 is 0 Å². The SMILES string of the molecule is Nc1c2c(nn1-c1ccccc1O)CSC2. The molecule has 0 spiro atoms. The molecule has 1 aliphatic heterocycles. The maximum Gasteiger partial charge on any atom is 0.141 e. The van der Waals surface area contributed by atoms with Gasteiger partial charge in [-0.15, -0.1) is 0 Å². The summed E-state index contributed by atoms with van der Waals surface area (Å²) in [4.78, 5) is 0. The van der Waals surface area contributed by atoms with E-state index in [2.05, 4.69) is 5.10 Å². The highest BCUT2D eigenvalue weighted by Crippen LogP contribution is 2.35. The fourth-order valence-corrected chi connectivity index (χ4v) is 2.91. The number of rotatable bonds is 1. The Morgan fingerprint density at radius 2 is 2.12 bits per heavy atom. The van der Waals surface area contributed by atoms with Gasteiger partial charge < -0.3 is 10.8 Å². The van der Waals surface area contributed by atoms with Crippen molar-refractivity contribution in [3.8, 4) is 11.4 Å². The van der Waals surface area contributed by atoms with Gasteiger partial charge in [0.2, 0.25) is 0 Å². The third-order valence-electron chi connectivity index (χ3n) is 2.70. The lowest BCUT2D eigenvalue weighted by molar-refractivity contribution is 0.470. The smallest absolute Gasteiger partial charge is 0.141 e. The van der Waals surface area contributed by atoms with E-state index in [1.807, 2.05) is 17.8 Å². The average molecular weight is 233 g/mol. The molecular weight excluding hydrogens is 222 g/mol. The lowest BCUT2D eigenvalue weighted by atomic mass is 10.2. The first-order valence-electron chi connectivity index (χ1n) is 4.99. The molecule has 0 atom stereocenters. The van der Waals surface area contributed by atoms with Gasteiger partial charge in [0.15, 0.2) is 0 Å². The van der Waals surface area contributed by atoms with Gasteiger partial charge in [0.1, 0.15) is 17.3 Å². The van der Waals surface area contributed by atoms with Gasteiger partial charge in [-0.1, -0.05) is 12.1 Å². The third-order valence-corrected chi connectivity index (χ3v) is 3.67. The molecule has 1 aromatic heterocycles. The number of anilines is 1. The van der Waals surface area contributed by atoms with Crippen LogP contribution in [0.1, 0.15) is 11.3 Å². The molecule has 0 bridgehead atoms. The van der Waals surface area contributed by atoms with E-state index in [0.717, 1.165) is 22.8 Å². The molecule has 1 aliphatic rings. The van der Waals surface area contributed by atoms with E-state index in [-0.39, 0.29) is 5.75 Å². The summed E-state index contributed by atoms with van der Waals surface area (Å²) in [5.41, 5.74) is 8.81. The zero-order valence-electron chi connectivity index (χ0n) is 8.55. The third kappa shape index (κ3) is 1.28. The Morgan fingerprint density at radius 3 is 2.88 bits per heavy atom. The van der Waals surface area contributed by atoms with Crippen molar-refractivity contribution in [1.82, 2.24) is 9.78 Å². The molecule has 3 N–H and O–H groups in total. The van der Waals surface area contributed by atoms with E-state index < -0.39 is 0 Å². The minimum absolute atomic E-state index is 0.197. The van der Waals surface area contributed by atoms with Crippen LogP contribution in [0.25, 0.3) is 5.69 Å². The van der Waals surface area contributed by atoms with Gasteiger partial charge in [-0.2, -0.15) is 16.9 Å². The molecule has 0 amide bonds. The number of benzene rings is 1. The number of para-hydroxylation sites is 2. The Morgan fingerprint density at radius 1 is 1.31 bits per heavy atom. The summed E-state index contributed by atoms with van der Waals surface area (Å²) in [5, 5.41) is 14.2. The average Bonchev–Trinajstić information content (AvgIpc) is 2.83. The highest BCUT2D eigenvalue weighted by atomic mass is 32.2. The van der Waals surface area contributed by atoms with Crippen molar-refractivity contribution >= 4 is 17.6 Å². The quantitative estimate of drug-likeness (QED) is 0.789. The Bertz CT molecular complexity index is 550. The predicted octanol–water partition coefficient (Wildman–Crippen LogP) is 1.91. The molecule has 2 aromatic rings. The lowest BCUT2D eigenvalue weighted by Crippen LogP contribution is -2.03. The summed E-state index contributed by atoms with van der Waals surface area (Å²) in [7, 11) is 0. The first-order chi connectivity index (χ1) is 7.77. The van der Waals surface area contributed by atoms with Crippen LogP contribution in [0.2, 0.25) is 0 Å². The molecule has 3 rings (SSSR count). The summed E-state index contributed by atoms with van der Waals surface area (Å²) in [6, 6.07) is 7.08. The second-order valence-corrected chi connectivity index (χ2v) is 4.69. The topological polar surface area (TPSA) is 64.1 Å². The number of hydrogen-bond acceptors (Lipinski definition) is 4. The summed E-state index contributed by atoms with van der Waals surface area (Å²) in [5.74, 6) is 2.65. The van der Waals surface area contributed by atoms with Crippen LogP contribution in [0.5, 0.6) is 5.75 Å². The first kappa shape index (κ1) is 9.59. The maximum atomic E-state index is 9.76. The van der Waals surface area contributed by atoms with E-state index in [1.165, 1.54) is 0 Å². The van der Waals surface area contributed by atoms with Crippen LogP contribution < -0.4 is 5.73 Å². The molecule has 0 unspecified atom stereocenters. The number of thioether (sulfide) groups is 1. The molecule has 5 heteroatoms. The fraction of sp³-hybridized carbons (Fsp3) is 0.182. The van der Waals surface area contributed by atoms with Gasteiger partial charge in [0.05, 0.1) is 5.69 Å². The summed E-state index contributed by atoms with van der Waals surface area (Å²) in [6.45, 7) is 0. The van der Waals surface area contributed by atoms with Crippen LogP contribution in [0.3, 0.4) is 0 Å². The molecule has 0 saturated heterocycles. The number of hydrogen-bond donors (Lipinski definition) is 2. The molecule has 0 saturated carbocycles. The lowest BCUT2D eigenvalue weighted by Gasteiger charge is -2.06. The standard InChI is InChI=1S/C11H11N3OS/c12-11-7-5-16-6-8(7)13-14(11)9-3-1-2-4-10(9)15/h1-4,15H,5-6,12H2. The van der Waals surface area contributed by atoms with Gasteiger partial charge in [0.25, 0.3) is 0 Å². The molecule has 0 fully saturated rings. The van der Waals surface area contributed by atoms with Crippen LogP contribution in [-0.2, 0) is 11.5 Å². The van der Waals surface area contributed by atoms with Gasteiger partial charge in [-0.25, -0.2) is 4.68 Å². The van der Waals surface area contributed by atoms with Crippen molar-refractivity contribution in [2.24, 2.45) is 0 Å². The predicted molar refractivity (Wildman–Crippen MR) is 64.6 cm³/mol. The van der Waals surface area contributed by atoms with E-state index in [0.29, 0.717) is 11.5 Å². The number of phenols is 1. The minimum Gasteiger partial charge on any atom is -0.506 e. The van der Waals surface area contributed by atoms with E-state index in [9.17, 15) is 5.11 Å². The molecule has 4 nitrogen and oxygen atoms in total. The van der Waals surface area contributed by atoms with Crippen LogP contribution in [0.15, 0.2) is 24.3 Å². The fourth-order valence-electron chi connectivity index (χ4n) is 1.86. The summed E-state index contributed by atoms with van der Waals surface area (Å²) < 4.78 is 1.62. The zero-order valence-corrected chi connectivity index (χ0v) is 9.37. The van der Waals surface area contributed by atoms with Crippen LogP contribution in [0, 0.1) is 0 Å². The van der Waals surface area contributed by atoms with Gasteiger partial charge in [-0.05, 0) is 12.1 Å². The van der Waals surface area contributed by atoms with Crippen LogP contribution in [-0.4, -0.2) is 14.9 Å². The monoisotopic (exact) mass is 233 g/mol. The number of aromatic hydroxyl groups is 1. The number of aromatic nitrogens is 2. The Hall–Kier alpha value is -1.62. The van der Waals surface area contributed by atoms with E-state index in [4.69, 9.17) is 5.73 Å². The van der Waals surface area contributed by atoms with Crippen LogP contribution in [0.4, 0.5) is 5.82 Å². The molecule has 2 heterocycles. The van der Waals surface area contributed by atoms with Crippen molar-refractivity contribution in [2.45, 2.75) is 11.5 Å². The van der Waals surface area contributed by atoms with Gasteiger partial charge in [0, 0.05) is 17.1 Å². The molecule has 16 heavy (non-hydrogen) atoms. The Labute approximate surface area is 97.1 Å². The minimum atomic E-state index is 0.197. The highest BCUT2D eigenvalue weighted by Gasteiger charge is 2.22. The highest BCUT2D eigenvalue weighted by molar-refractivity contribution is 7.98. The van der Waals surface area contributed by atoms with Crippen molar-refractivity contribution in [3.05, 3.63) is 35.5 Å². The number of nitrogens with two attached hydrogens (primary N) is 1. The number of nitrogen functional groups attached to an aromatic ring is 1. The van der Waals surface area contributed by atoms with Crippen molar-refractivity contribution in [3.63, 3.8) is 0 Å². The molecule has 1 aromatic carbocycles. The van der Waals surface area contributed by atoms with E-state index >= 15 is 0 Å². The van der Waals surface area contributed by atoms with Crippen molar-refractivity contribution in [1.29, 1.82) is 0 Å². The number of nitrogens with zero attached hydrogens (tertiary/aromatic N) is 2. The second-order valence-electron chi connectivity index (χ2n) is 3.70. The molecule has 0 radical (unpaired) electrons. The molecule has 0 aliphatic carbocycles. The van der Waals surface area contributed by atoms with Gasteiger partial charge in [-0.3, -0.25) is 0 Å². The normalized spacial score (nSPS) is 14.0. The zero-order chi connectivity index (χ0) is 11.1. The number of fused-ring (bicyclic) bond motifs is 1. The Kier molecular flexibility index (Phi) is 2.07. The first-order valence-corrected chi connectivity index (χ1v) is 6.15. The molecular formula is C11H11N3OS. The van der Waals surface area contributed by atoms with Crippen molar-refractivity contribution in [2.75, 3.05) is 5.73 Å². The van der Waals surface area contributed by atoms with E-state index in [1.54, 1.807) is 22.9 Å². The Balaban J connectivity index is 2.18. The summed E-state index contributed by atoms with van der Waals surface area (Å²) >= 11 is 1.81. The largest absolute Gasteiger partial charge is 0.506 e. The number of phenolic OH excluding ortho intramolecular Hbond substituents is 1. The second kappa shape index (κ2) is 3.45. The van der Waals surface area contributed by atoms with Crippen LogP contribution >= 0.6 is 11.8 Å². The molecule has 82 valence electrons. The van der Waals surface area contributed by atoms with Crippen molar-refractivity contribution < 1.29 is 5.11 Å².